The molecule has 0 saturated heterocycles. The molecule has 2 fully saturated rings. The van der Waals surface area contributed by atoms with E-state index in [2.05, 4.69) is 71.1 Å². The molecule has 0 spiro atoms. The summed E-state index contributed by atoms with van der Waals surface area (Å²) in [6.45, 7) is 18.9. The topological polar surface area (TPSA) is 0 Å². The second-order valence-electron chi connectivity index (χ2n) is 8.87. The molecule has 24 heavy (non-hydrogen) atoms. The van der Waals surface area contributed by atoms with Crippen molar-refractivity contribution in [1.29, 1.82) is 0 Å². The van der Waals surface area contributed by atoms with Crippen LogP contribution in [0.25, 0.3) is 0 Å². The molecule has 2 aliphatic carbocycles. The molecule has 0 heterocycles. The predicted molar refractivity (Wildman–Crippen MR) is 110 cm³/mol. The van der Waals surface area contributed by atoms with E-state index in [0.717, 1.165) is 35.5 Å². The Morgan fingerprint density at radius 3 is 1.17 bits per heavy atom. The van der Waals surface area contributed by atoms with Crippen molar-refractivity contribution >= 4 is 9.30 Å². The summed E-state index contributed by atoms with van der Waals surface area (Å²) in [4.78, 5) is 0. The summed E-state index contributed by atoms with van der Waals surface area (Å²) in [7, 11) is 4.64. The number of halogens is 1. The molecule has 0 nitrogen and oxygen atoms in total. The van der Waals surface area contributed by atoms with Gasteiger partial charge in [0.2, 0.25) is 0 Å². The fraction of sp³-hybridized carbons (Fsp3) is 0.864. The van der Waals surface area contributed by atoms with Gasteiger partial charge in [-0.2, -0.15) is 11.3 Å². The monoisotopic (exact) mass is 392 g/mol. The van der Waals surface area contributed by atoms with Gasteiger partial charge >= 0.3 is 28.7 Å². The van der Waals surface area contributed by atoms with Gasteiger partial charge in [-0.25, -0.2) is 0 Å². The van der Waals surface area contributed by atoms with Gasteiger partial charge in [-0.15, -0.1) is 0 Å². The van der Waals surface area contributed by atoms with Gasteiger partial charge in [0.15, 0.2) is 0 Å². The molecule has 0 N–H and O–H groups in total. The molecule has 0 bridgehead atoms. The van der Waals surface area contributed by atoms with Crippen molar-refractivity contribution in [3.63, 3.8) is 0 Å². The summed E-state index contributed by atoms with van der Waals surface area (Å²) in [6.07, 6.45) is 8.32. The van der Waals surface area contributed by atoms with E-state index in [1.807, 2.05) is 0 Å². The van der Waals surface area contributed by atoms with Gasteiger partial charge in [-0.05, 0) is 29.6 Å². The van der Waals surface area contributed by atoms with Crippen molar-refractivity contribution in [3.8, 4) is 0 Å². The Balaban J connectivity index is -0.000000310. The van der Waals surface area contributed by atoms with E-state index in [4.69, 9.17) is 0 Å². The Morgan fingerprint density at radius 1 is 0.708 bits per heavy atom. The van der Waals surface area contributed by atoms with Gasteiger partial charge in [0.05, 0.1) is 0 Å². The van der Waals surface area contributed by atoms with Gasteiger partial charge in [-0.3, -0.25) is 0 Å². The Kier molecular flexibility index (Phi) is 17.5. The van der Waals surface area contributed by atoms with Crippen molar-refractivity contribution in [3.05, 3.63) is 21.3 Å². The second kappa shape index (κ2) is 14.1. The first-order chi connectivity index (χ1) is 10.1. The Morgan fingerprint density at radius 2 is 0.958 bits per heavy atom. The molecule has 0 aromatic carbocycles. The molecule has 2 rings (SSSR count). The van der Waals surface area contributed by atoms with Crippen LogP contribution in [0.3, 0.4) is 0 Å². The van der Waals surface area contributed by atoms with E-state index in [1.54, 1.807) is 0 Å². The predicted octanol–water partition coefficient (Wildman–Crippen LogP) is 8.20. The number of hydrogen-bond donors (Lipinski definition) is 0. The zero-order chi connectivity index (χ0) is 17.5. The van der Waals surface area contributed by atoms with Crippen molar-refractivity contribution in [2.24, 2.45) is 40.9 Å². The zero-order valence-corrected chi connectivity index (χ0v) is 20.6. The molecular weight excluding hydrogens is 348 g/mol. The molecule has 2 aliphatic rings. The third-order valence-electron chi connectivity index (χ3n) is 6.28. The van der Waals surface area contributed by atoms with Gasteiger partial charge in [0.1, 0.15) is 0 Å². The maximum atomic E-state index is 4.64. The average molecular weight is 393 g/mol. The van der Waals surface area contributed by atoms with E-state index in [9.17, 15) is 0 Å². The minimum atomic E-state index is 0. The molecule has 2 saturated carbocycles. The van der Waals surface area contributed by atoms with E-state index in [1.165, 1.54) is 45.1 Å². The van der Waals surface area contributed by atoms with Crippen LogP contribution in [-0.4, -0.2) is 0 Å². The Labute approximate surface area is 171 Å². The van der Waals surface area contributed by atoms with Crippen LogP contribution in [-0.2, 0) is 19.4 Å². The van der Waals surface area contributed by atoms with Gasteiger partial charge in [0, 0.05) is 0 Å². The first-order valence-electron chi connectivity index (χ1n) is 9.18. The quantitative estimate of drug-likeness (QED) is 0.311. The molecule has 0 amide bonds. The summed E-state index contributed by atoms with van der Waals surface area (Å²) in [6, 6.07) is 0. The van der Waals surface area contributed by atoms with Gasteiger partial charge in [0.25, 0.3) is 0 Å². The van der Waals surface area contributed by atoms with Crippen molar-refractivity contribution in [1.82, 2.24) is 0 Å². The van der Waals surface area contributed by atoms with Crippen LogP contribution < -0.4 is 0 Å². The molecule has 0 aliphatic heterocycles. The van der Waals surface area contributed by atoms with Crippen LogP contribution in [0.4, 0.5) is 0 Å². The average Bonchev–Trinajstić information content (AvgIpc) is 3.01. The van der Waals surface area contributed by atoms with E-state index in [0.29, 0.717) is 5.41 Å². The third-order valence-corrected chi connectivity index (χ3v) is 6.28. The van der Waals surface area contributed by atoms with Crippen LogP contribution in [0.2, 0.25) is 0 Å². The van der Waals surface area contributed by atoms with E-state index in [-0.39, 0.29) is 14.9 Å². The van der Waals surface area contributed by atoms with Crippen LogP contribution in [0.5, 0.6) is 0 Å². The summed E-state index contributed by atoms with van der Waals surface area (Å²) in [5.74, 6) is 5.61. The first-order valence-corrected chi connectivity index (χ1v) is 11.3. The van der Waals surface area contributed by atoms with Crippen LogP contribution in [0.1, 0.15) is 81.1 Å². The van der Waals surface area contributed by atoms with Crippen LogP contribution in [0, 0.1) is 62.2 Å². The normalized spacial score (nSPS) is 32.5. The van der Waals surface area contributed by atoms with E-state index < -0.39 is 0 Å². The molecule has 0 unspecified atom stereocenters. The van der Waals surface area contributed by atoms with Crippen LogP contribution in [0.15, 0.2) is 0 Å². The van der Waals surface area contributed by atoms with Gasteiger partial charge in [-0.1, -0.05) is 81.1 Å². The summed E-state index contributed by atoms with van der Waals surface area (Å²) < 4.78 is 0. The number of hydrogen-bond acceptors (Lipinski definition) is 0. The van der Waals surface area contributed by atoms with E-state index >= 15 is 0 Å². The second-order valence-corrected chi connectivity index (χ2v) is 8.87. The molecule has 0 aromatic rings. The van der Waals surface area contributed by atoms with Crippen molar-refractivity contribution in [2.75, 3.05) is 0 Å². The molecule has 0 atom stereocenters. The van der Waals surface area contributed by atoms with Crippen molar-refractivity contribution in [2.45, 2.75) is 81.1 Å². The molecule has 2 heteroatoms. The SMILES string of the molecule is CC(C)(C)[CH-]C1CCCC1.CC1C(C)C(C)C(C)C1C.[CH3-].[CH3-].[Cl][Ti+3]. The van der Waals surface area contributed by atoms with Crippen molar-refractivity contribution < 1.29 is 19.4 Å². The molecule has 0 radical (unpaired) electrons. The van der Waals surface area contributed by atoms with Gasteiger partial charge < -0.3 is 21.3 Å². The third kappa shape index (κ3) is 10.2. The molecular formula is C22H45ClTi. The zero-order valence-electron chi connectivity index (χ0n) is 18.2. The number of rotatable bonds is 1. The Hall–Kier alpha value is 1.00. The summed E-state index contributed by atoms with van der Waals surface area (Å²) in [5.41, 5.74) is 0.439. The summed E-state index contributed by atoms with van der Waals surface area (Å²) in [5, 5.41) is 0. The molecule has 0 aromatic heterocycles. The standard InChI is InChI=1S/C10H20.C10H19.2CH3.ClH.Ti/c1-6-7(2)9(4)10(5)8(6)3;1-10(2,3)8-9-6-4-5-7-9;;;;/h6-10H,1-5H3;8-9H,4-7H2,1-3H3;2*1H3;1H;/q;3*-1;;+4/p-1. The fourth-order valence-electron chi connectivity index (χ4n) is 4.23. The fourth-order valence-corrected chi connectivity index (χ4v) is 4.23. The maximum absolute atomic E-state index is 4.64. The first kappa shape index (κ1) is 29.8. The minimum absolute atomic E-state index is 0. The molecule has 144 valence electrons. The summed E-state index contributed by atoms with van der Waals surface area (Å²) >= 11 is 1.47. The Bertz CT molecular complexity index is 233. The van der Waals surface area contributed by atoms with Crippen LogP contribution >= 0.6 is 9.30 Å².